The molecule has 1 fully saturated rings. The second-order valence-corrected chi connectivity index (χ2v) is 8.76. The standard InChI is InChI=1S/C24H22N4O5S/c29-21(26-9-11-27(12-10-26)23(31)20-8-4-14-33-20)16-34-24-25-19-7-2-1-6-18(19)22(30)28(24)15-17-5-3-13-32-17/h1-8,13-14H,9-12,15-16H2. The lowest BCUT2D eigenvalue weighted by Crippen LogP contribution is -2.51. The van der Waals surface area contributed by atoms with Gasteiger partial charge in [0.05, 0.1) is 35.7 Å². The number of thioether (sulfide) groups is 1. The van der Waals surface area contributed by atoms with Crippen LogP contribution in [0, 0.1) is 0 Å². The van der Waals surface area contributed by atoms with Crippen LogP contribution in [0.5, 0.6) is 0 Å². The average Bonchev–Trinajstić information content (AvgIpc) is 3.59. The Bertz CT molecular complexity index is 1360. The van der Waals surface area contributed by atoms with E-state index in [0.29, 0.717) is 53.8 Å². The molecule has 0 aliphatic carbocycles. The molecule has 2 amide bonds. The van der Waals surface area contributed by atoms with Crippen molar-refractivity contribution in [2.24, 2.45) is 0 Å². The molecule has 0 N–H and O–H groups in total. The van der Waals surface area contributed by atoms with E-state index >= 15 is 0 Å². The van der Waals surface area contributed by atoms with Crippen LogP contribution < -0.4 is 5.56 Å². The van der Waals surface area contributed by atoms with E-state index in [2.05, 4.69) is 4.98 Å². The fourth-order valence-corrected chi connectivity index (χ4v) is 4.79. The molecular formula is C24H22N4O5S. The minimum absolute atomic E-state index is 0.0675. The molecule has 0 radical (unpaired) electrons. The molecule has 10 heteroatoms. The summed E-state index contributed by atoms with van der Waals surface area (Å²) in [6.45, 7) is 1.99. The smallest absolute Gasteiger partial charge is 0.289 e. The number of hydrogen-bond acceptors (Lipinski definition) is 7. The summed E-state index contributed by atoms with van der Waals surface area (Å²) < 4.78 is 12.1. The molecule has 4 aromatic rings. The molecule has 0 atom stereocenters. The number of furan rings is 2. The maximum absolute atomic E-state index is 13.1. The number of benzene rings is 1. The molecule has 4 heterocycles. The summed E-state index contributed by atoms with van der Waals surface area (Å²) in [5.41, 5.74) is 0.408. The molecule has 9 nitrogen and oxygen atoms in total. The van der Waals surface area contributed by atoms with Crippen molar-refractivity contribution >= 4 is 34.5 Å². The van der Waals surface area contributed by atoms with Crippen LogP contribution in [0.4, 0.5) is 0 Å². The Morgan fingerprint density at radius 2 is 1.65 bits per heavy atom. The lowest BCUT2D eigenvalue weighted by Gasteiger charge is -2.34. The Labute approximate surface area is 199 Å². The molecule has 1 aliphatic rings. The third-order valence-corrected chi connectivity index (χ3v) is 6.66. The summed E-state index contributed by atoms with van der Waals surface area (Å²) >= 11 is 1.23. The van der Waals surface area contributed by atoms with Crippen molar-refractivity contribution in [3.8, 4) is 0 Å². The van der Waals surface area contributed by atoms with Crippen LogP contribution in [-0.2, 0) is 11.3 Å². The number of nitrogens with zero attached hydrogens (tertiary/aromatic N) is 4. The van der Waals surface area contributed by atoms with E-state index in [1.54, 1.807) is 63.1 Å². The third kappa shape index (κ3) is 4.49. The van der Waals surface area contributed by atoms with Crippen LogP contribution in [0.25, 0.3) is 10.9 Å². The van der Waals surface area contributed by atoms with E-state index < -0.39 is 0 Å². The highest BCUT2D eigenvalue weighted by Crippen LogP contribution is 2.20. The number of carbonyl (C=O) groups excluding carboxylic acids is 2. The molecular weight excluding hydrogens is 456 g/mol. The number of aromatic nitrogens is 2. The summed E-state index contributed by atoms with van der Waals surface area (Å²) in [5.74, 6) is 0.822. The highest BCUT2D eigenvalue weighted by Gasteiger charge is 2.26. The third-order valence-electron chi connectivity index (χ3n) is 5.70. The zero-order valence-electron chi connectivity index (χ0n) is 18.3. The van der Waals surface area contributed by atoms with Gasteiger partial charge < -0.3 is 18.6 Å². The first-order valence-corrected chi connectivity index (χ1v) is 11.8. The minimum atomic E-state index is -0.179. The predicted octanol–water partition coefficient (Wildman–Crippen LogP) is 2.71. The van der Waals surface area contributed by atoms with E-state index in [1.165, 1.54) is 18.0 Å². The van der Waals surface area contributed by atoms with Gasteiger partial charge in [-0.1, -0.05) is 23.9 Å². The highest BCUT2D eigenvalue weighted by atomic mass is 32.2. The molecule has 3 aromatic heterocycles. The number of fused-ring (bicyclic) bond motifs is 1. The Morgan fingerprint density at radius 1 is 0.912 bits per heavy atom. The summed E-state index contributed by atoms with van der Waals surface area (Å²) in [7, 11) is 0. The van der Waals surface area contributed by atoms with Gasteiger partial charge in [0, 0.05) is 26.2 Å². The predicted molar refractivity (Wildman–Crippen MR) is 126 cm³/mol. The van der Waals surface area contributed by atoms with Crippen LogP contribution in [0.3, 0.4) is 0 Å². The quantitative estimate of drug-likeness (QED) is 0.310. The number of hydrogen-bond donors (Lipinski definition) is 0. The lowest BCUT2D eigenvalue weighted by molar-refractivity contribution is -0.129. The summed E-state index contributed by atoms with van der Waals surface area (Å²) in [4.78, 5) is 46.5. The van der Waals surface area contributed by atoms with Gasteiger partial charge in [-0.25, -0.2) is 4.98 Å². The molecule has 1 saturated heterocycles. The van der Waals surface area contributed by atoms with Gasteiger partial charge in [-0.05, 0) is 36.4 Å². The van der Waals surface area contributed by atoms with Crippen LogP contribution in [0.2, 0.25) is 0 Å². The molecule has 34 heavy (non-hydrogen) atoms. The summed E-state index contributed by atoms with van der Waals surface area (Å²) in [6, 6.07) is 14.0. The summed E-state index contributed by atoms with van der Waals surface area (Å²) in [5, 5.41) is 0.974. The van der Waals surface area contributed by atoms with E-state index in [-0.39, 0.29) is 29.7 Å². The van der Waals surface area contributed by atoms with Gasteiger partial charge >= 0.3 is 0 Å². The van der Waals surface area contributed by atoms with Gasteiger partial charge in [-0.2, -0.15) is 0 Å². The van der Waals surface area contributed by atoms with Gasteiger partial charge in [-0.15, -0.1) is 0 Å². The number of rotatable bonds is 6. The van der Waals surface area contributed by atoms with Crippen molar-refractivity contribution in [2.45, 2.75) is 11.7 Å². The second kappa shape index (κ2) is 9.60. The van der Waals surface area contributed by atoms with Crippen molar-refractivity contribution in [3.05, 3.63) is 82.9 Å². The van der Waals surface area contributed by atoms with E-state index in [1.807, 2.05) is 6.07 Å². The fourth-order valence-electron chi connectivity index (χ4n) is 3.89. The van der Waals surface area contributed by atoms with E-state index in [0.717, 1.165) is 0 Å². The zero-order chi connectivity index (χ0) is 23.5. The van der Waals surface area contributed by atoms with Crippen molar-refractivity contribution < 1.29 is 18.4 Å². The Balaban J connectivity index is 1.28. The van der Waals surface area contributed by atoms with Crippen molar-refractivity contribution in [3.63, 3.8) is 0 Å². The topological polar surface area (TPSA) is 102 Å². The van der Waals surface area contributed by atoms with Crippen LogP contribution in [0.15, 0.2) is 79.8 Å². The monoisotopic (exact) mass is 478 g/mol. The molecule has 5 rings (SSSR count). The molecule has 0 spiro atoms. The van der Waals surface area contributed by atoms with Crippen LogP contribution >= 0.6 is 11.8 Å². The van der Waals surface area contributed by atoms with Gasteiger partial charge in [0.25, 0.3) is 11.5 Å². The molecule has 1 aliphatic heterocycles. The fraction of sp³-hybridized carbons (Fsp3) is 0.250. The second-order valence-electron chi connectivity index (χ2n) is 7.82. The first-order valence-electron chi connectivity index (χ1n) is 10.9. The van der Waals surface area contributed by atoms with E-state index in [4.69, 9.17) is 8.83 Å². The molecule has 174 valence electrons. The lowest BCUT2D eigenvalue weighted by atomic mass is 10.2. The first kappa shape index (κ1) is 22.0. The SMILES string of the molecule is O=C(CSc1nc2ccccc2c(=O)n1Cc1ccco1)N1CCN(C(=O)c2ccco2)CC1. The highest BCUT2D eigenvalue weighted by molar-refractivity contribution is 7.99. The van der Waals surface area contributed by atoms with Gasteiger partial charge in [0.15, 0.2) is 10.9 Å². The minimum Gasteiger partial charge on any atom is -0.467 e. The number of para-hydroxylation sites is 1. The van der Waals surface area contributed by atoms with Crippen molar-refractivity contribution in [2.75, 3.05) is 31.9 Å². The zero-order valence-corrected chi connectivity index (χ0v) is 19.1. The van der Waals surface area contributed by atoms with Crippen molar-refractivity contribution in [1.82, 2.24) is 19.4 Å². The van der Waals surface area contributed by atoms with Crippen LogP contribution in [0.1, 0.15) is 16.3 Å². The molecule has 1 aromatic carbocycles. The Hall–Kier alpha value is -3.79. The Kier molecular flexibility index (Phi) is 6.22. The molecule has 0 saturated carbocycles. The number of piperazine rings is 1. The number of carbonyl (C=O) groups is 2. The largest absolute Gasteiger partial charge is 0.467 e. The van der Waals surface area contributed by atoms with E-state index in [9.17, 15) is 14.4 Å². The van der Waals surface area contributed by atoms with Gasteiger partial charge in [0.1, 0.15) is 5.76 Å². The average molecular weight is 479 g/mol. The summed E-state index contributed by atoms with van der Waals surface area (Å²) in [6.07, 6.45) is 3.03. The normalized spacial score (nSPS) is 14.0. The molecule has 0 unspecified atom stereocenters. The Morgan fingerprint density at radius 3 is 2.38 bits per heavy atom. The van der Waals surface area contributed by atoms with Crippen molar-refractivity contribution in [1.29, 1.82) is 0 Å². The number of amides is 2. The first-order chi connectivity index (χ1) is 16.6. The maximum atomic E-state index is 13.1. The van der Waals surface area contributed by atoms with Gasteiger partial charge in [-0.3, -0.25) is 19.0 Å². The van der Waals surface area contributed by atoms with Gasteiger partial charge in [0.2, 0.25) is 5.91 Å². The van der Waals surface area contributed by atoms with Crippen LogP contribution in [-0.4, -0.2) is 63.1 Å². The maximum Gasteiger partial charge on any atom is 0.289 e. The molecule has 0 bridgehead atoms.